The van der Waals surface area contributed by atoms with Crippen molar-refractivity contribution in [3.8, 4) is 11.5 Å². The minimum Gasteiger partial charge on any atom is -0.467 e. The van der Waals surface area contributed by atoms with Crippen LogP contribution in [-0.4, -0.2) is 30.6 Å². The molecule has 2 aliphatic rings. The number of alkyl halides is 3. The number of benzene rings is 3. The van der Waals surface area contributed by atoms with E-state index in [1.165, 1.54) is 28.7 Å². The number of aryl methyl sites for hydroxylation is 1. The minimum atomic E-state index is -4.83. The van der Waals surface area contributed by atoms with Crippen LogP contribution >= 0.6 is 0 Å². The van der Waals surface area contributed by atoms with Crippen LogP contribution in [0.25, 0.3) is 0 Å². The molecule has 10 heteroatoms. The molecule has 0 saturated carbocycles. The van der Waals surface area contributed by atoms with Crippen LogP contribution in [-0.2, 0) is 6.42 Å². The molecule has 38 heavy (non-hydrogen) atoms. The highest BCUT2D eigenvalue weighted by Crippen LogP contribution is 2.47. The van der Waals surface area contributed by atoms with Crippen molar-refractivity contribution in [2.75, 3.05) is 11.4 Å². The molecule has 5 rings (SSSR count). The van der Waals surface area contributed by atoms with Gasteiger partial charge < -0.3 is 20.1 Å². The molecule has 2 aliphatic heterocycles. The minimum absolute atomic E-state index is 0.272. The van der Waals surface area contributed by atoms with Crippen molar-refractivity contribution in [1.29, 1.82) is 0 Å². The first-order chi connectivity index (χ1) is 18.0. The highest BCUT2D eigenvalue weighted by molar-refractivity contribution is 5.99. The van der Waals surface area contributed by atoms with Crippen LogP contribution in [0.15, 0.2) is 66.7 Å². The van der Waals surface area contributed by atoms with Crippen LogP contribution in [0.2, 0.25) is 0 Å². The van der Waals surface area contributed by atoms with E-state index in [0.717, 1.165) is 5.56 Å². The Labute approximate surface area is 217 Å². The second kappa shape index (κ2) is 9.59. The fourth-order valence-corrected chi connectivity index (χ4v) is 4.90. The molecule has 3 amide bonds. The Morgan fingerprint density at radius 3 is 2.66 bits per heavy atom. The first kappa shape index (κ1) is 25.4. The van der Waals surface area contributed by atoms with E-state index in [1.54, 1.807) is 31.2 Å². The van der Waals surface area contributed by atoms with Crippen molar-refractivity contribution in [1.82, 2.24) is 10.6 Å². The Balaban J connectivity index is 1.32. The zero-order valence-corrected chi connectivity index (χ0v) is 20.8. The van der Waals surface area contributed by atoms with E-state index in [-0.39, 0.29) is 18.1 Å². The van der Waals surface area contributed by atoms with Gasteiger partial charge in [-0.15, -0.1) is 13.2 Å². The summed E-state index contributed by atoms with van der Waals surface area (Å²) < 4.78 is 48.2. The molecular formula is C28H26F3N3O4. The number of carbonyl (C=O) groups excluding carboxylic acids is 2. The number of ether oxygens (including phenoxy) is 2. The molecule has 0 aliphatic carbocycles. The highest BCUT2D eigenvalue weighted by atomic mass is 19.4. The number of carbonyl (C=O) groups is 2. The summed E-state index contributed by atoms with van der Waals surface area (Å²) in [5.74, 6) is -0.319. The third-order valence-electron chi connectivity index (χ3n) is 6.66. The molecule has 198 valence electrons. The maximum absolute atomic E-state index is 13.2. The van der Waals surface area contributed by atoms with Gasteiger partial charge in [0.25, 0.3) is 5.91 Å². The van der Waals surface area contributed by atoms with Crippen LogP contribution in [0.3, 0.4) is 0 Å². The molecular weight excluding hydrogens is 499 g/mol. The number of hydrogen-bond acceptors (Lipinski definition) is 4. The van der Waals surface area contributed by atoms with Crippen LogP contribution in [0, 0.1) is 6.92 Å². The van der Waals surface area contributed by atoms with Gasteiger partial charge in [-0.25, -0.2) is 4.79 Å². The van der Waals surface area contributed by atoms with Gasteiger partial charge in [-0.1, -0.05) is 35.9 Å². The fraction of sp³-hybridized carbons (Fsp3) is 0.286. The predicted molar refractivity (Wildman–Crippen MR) is 134 cm³/mol. The highest BCUT2D eigenvalue weighted by Gasteiger charge is 2.50. The van der Waals surface area contributed by atoms with Gasteiger partial charge >= 0.3 is 12.4 Å². The number of anilines is 1. The topological polar surface area (TPSA) is 79.9 Å². The van der Waals surface area contributed by atoms with Crippen molar-refractivity contribution >= 4 is 17.6 Å². The third kappa shape index (κ3) is 5.25. The molecule has 2 N–H and O–H groups in total. The smallest absolute Gasteiger partial charge is 0.467 e. The summed E-state index contributed by atoms with van der Waals surface area (Å²) in [5.41, 5.74) is 2.39. The number of nitrogens with zero attached hydrogens (tertiary/aromatic N) is 1. The monoisotopic (exact) mass is 525 g/mol. The van der Waals surface area contributed by atoms with Crippen LogP contribution in [0.4, 0.5) is 23.7 Å². The van der Waals surface area contributed by atoms with E-state index in [4.69, 9.17) is 4.74 Å². The average Bonchev–Trinajstić information content (AvgIpc) is 2.84. The molecule has 2 heterocycles. The first-order valence-corrected chi connectivity index (χ1v) is 12.1. The van der Waals surface area contributed by atoms with E-state index >= 15 is 0 Å². The summed E-state index contributed by atoms with van der Waals surface area (Å²) in [6.45, 7) is 4.20. The summed E-state index contributed by atoms with van der Waals surface area (Å²) in [5, 5.41) is 5.75. The number of halogens is 3. The van der Waals surface area contributed by atoms with Crippen LogP contribution in [0.5, 0.6) is 11.5 Å². The standard InChI is InChI=1S/C28H26F3N3O4/c1-17-6-8-18(9-7-17)12-13-32-25(35)19-4-3-5-20(14-19)34-26(36)33-23-16-27(34,2)38-24-11-10-21(15-22(23)24)37-28(29,30)31/h3-11,14-15,23H,12-13,16H2,1-2H3,(H,32,35)(H,33,36)/t23?,27-/m1/s1. The number of amides is 3. The lowest BCUT2D eigenvalue weighted by atomic mass is 9.90. The lowest BCUT2D eigenvalue weighted by Gasteiger charge is -2.50. The van der Waals surface area contributed by atoms with Gasteiger partial charge in [0.2, 0.25) is 0 Å². The van der Waals surface area contributed by atoms with Gasteiger partial charge in [0.05, 0.1) is 11.7 Å². The summed E-state index contributed by atoms with van der Waals surface area (Å²) in [6.07, 6.45) is -3.88. The van der Waals surface area contributed by atoms with E-state index in [2.05, 4.69) is 15.4 Å². The summed E-state index contributed by atoms with van der Waals surface area (Å²) in [6, 6.07) is 17.5. The molecule has 0 spiro atoms. The van der Waals surface area contributed by atoms with Crippen molar-refractivity contribution < 1.29 is 32.2 Å². The SMILES string of the molecule is Cc1ccc(CCNC(=O)c2cccc(N3C(=O)NC4C[C@@]3(C)Oc3ccc(OC(F)(F)F)cc34)c2)cc1. The molecule has 1 saturated heterocycles. The van der Waals surface area contributed by atoms with E-state index in [1.807, 2.05) is 31.2 Å². The maximum Gasteiger partial charge on any atom is 0.573 e. The Morgan fingerprint density at radius 1 is 1.16 bits per heavy atom. The molecule has 1 unspecified atom stereocenters. The maximum atomic E-state index is 13.2. The second-order valence-electron chi connectivity index (χ2n) is 9.61. The zero-order chi connectivity index (χ0) is 27.1. The Bertz CT molecular complexity index is 1380. The quantitative estimate of drug-likeness (QED) is 0.437. The first-order valence-electron chi connectivity index (χ1n) is 12.1. The fourth-order valence-electron chi connectivity index (χ4n) is 4.90. The molecule has 3 aromatic carbocycles. The molecule has 0 radical (unpaired) electrons. The lowest BCUT2D eigenvalue weighted by molar-refractivity contribution is -0.274. The third-order valence-corrected chi connectivity index (χ3v) is 6.66. The van der Waals surface area contributed by atoms with Crippen LogP contribution < -0.4 is 25.0 Å². The number of fused-ring (bicyclic) bond motifs is 4. The van der Waals surface area contributed by atoms with E-state index in [9.17, 15) is 22.8 Å². The Hall–Kier alpha value is -4.21. The van der Waals surface area contributed by atoms with Crippen molar-refractivity contribution in [2.24, 2.45) is 0 Å². The molecule has 2 bridgehead atoms. The van der Waals surface area contributed by atoms with Crippen molar-refractivity contribution in [2.45, 2.75) is 44.8 Å². The van der Waals surface area contributed by atoms with Crippen molar-refractivity contribution in [3.05, 3.63) is 89.0 Å². The summed E-state index contributed by atoms with van der Waals surface area (Å²) >= 11 is 0. The van der Waals surface area contributed by atoms with Crippen molar-refractivity contribution in [3.63, 3.8) is 0 Å². The van der Waals surface area contributed by atoms with Gasteiger partial charge in [-0.2, -0.15) is 0 Å². The normalized spacial score (nSPS) is 20.2. The molecule has 1 fully saturated rings. The predicted octanol–water partition coefficient (Wildman–Crippen LogP) is 5.64. The van der Waals surface area contributed by atoms with Gasteiger partial charge in [0, 0.05) is 24.1 Å². The number of urea groups is 1. The number of hydrogen-bond donors (Lipinski definition) is 2. The zero-order valence-electron chi connectivity index (χ0n) is 20.8. The van der Waals surface area contributed by atoms with Gasteiger partial charge in [0.15, 0.2) is 5.72 Å². The van der Waals surface area contributed by atoms with Crippen LogP contribution in [0.1, 0.15) is 46.4 Å². The molecule has 3 aromatic rings. The van der Waals surface area contributed by atoms with E-state index < -0.39 is 24.2 Å². The molecule has 0 aromatic heterocycles. The number of rotatable bonds is 6. The summed E-state index contributed by atoms with van der Waals surface area (Å²) in [7, 11) is 0. The molecule has 2 atom stereocenters. The molecule has 7 nitrogen and oxygen atoms in total. The Kier molecular flexibility index (Phi) is 6.42. The van der Waals surface area contributed by atoms with Gasteiger partial charge in [-0.05, 0) is 62.2 Å². The Morgan fingerprint density at radius 2 is 1.92 bits per heavy atom. The summed E-state index contributed by atoms with van der Waals surface area (Å²) in [4.78, 5) is 27.5. The van der Waals surface area contributed by atoms with E-state index in [0.29, 0.717) is 35.5 Å². The lowest BCUT2D eigenvalue weighted by Crippen LogP contribution is -2.65. The van der Waals surface area contributed by atoms with Gasteiger partial charge in [0.1, 0.15) is 11.5 Å². The number of nitrogens with one attached hydrogen (secondary N) is 2. The second-order valence-corrected chi connectivity index (χ2v) is 9.61. The average molecular weight is 526 g/mol. The van der Waals surface area contributed by atoms with Gasteiger partial charge in [-0.3, -0.25) is 9.69 Å². The largest absolute Gasteiger partial charge is 0.573 e.